The monoisotopic (exact) mass is 355 g/mol. The SMILES string of the molecule is O=CC1CCCCN1C(c1ccccc1)(c1ccccc1)c1ccccc1. The summed E-state index contributed by atoms with van der Waals surface area (Å²) in [6, 6.07) is 31.8. The van der Waals surface area contributed by atoms with Gasteiger partial charge in [0.2, 0.25) is 0 Å². The van der Waals surface area contributed by atoms with Crippen molar-refractivity contribution in [2.75, 3.05) is 6.54 Å². The number of nitrogens with zero attached hydrogens (tertiary/aromatic N) is 1. The standard InChI is InChI=1S/C25H25NO/c27-20-24-18-10-11-19-26(24)25(21-12-4-1-5-13-21,22-14-6-2-7-15-22)23-16-8-3-9-17-23/h1-9,12-17,20,24H,10-11,18-19H2. The van der Waals surface area contributed by atoms with Crippen LogP contribution in [0.15, 0.2) is 91.0 Å². The van der Waals surface area contributed by atoms with Gasteiger partial charge in [0.15, 0.2) is 0 Å². The summed E-state index contributed by atoms with van der Waals surface area (Å²) in [5.74, 6) is 0. The Morgan fingerprint density at radius 3 is 1.56 bits per heavy atom. The molecule has 0 aliphatic carbocycles. The number of aldehydes is 1. The molecule has 1 aliphatic heterocycles. The fraction of sp³-hybridized carbons (Fsp3) is 0.240. The van der Waals surface area contributed by atoms with Gasteiger partial charge in [-0.2, -0.15) is 0 Å². The number of rotatable bonds is 5. The predicted octanol–water partition coefficient (Wildman–Crippen LogP) is 5.03. The summed E-state index contributed by atoms with van der Waals surface area (Å²) in [5, 5.41) is 0. The normalized spacial score (nSPS) is 18.1. The highest BCUT2D eigenvalue weighted by molar-refractivity contribution is 5.60. The molecule has 1 fully saturated rings. The van der Waals surface area contributed by atoms with E-state index in [1.807, 2.05) is 0 Å². The minimum Gasteiger partial charge on any atom is -0.302 e. The Morgan fingerprint density at radius 1 is 0.704 bits per heavy atom. The number of piperidine rings is 1. The molecular formula is C25H25NO. The molecular weight excluding hydrogens is 330 g/mol. The maximum Gasteiger partial charge on any atom is 0.137 e. The van der Waals surface area contributed by atoms with Crippen molar-refractivity contribution < 1.29 is 4.79 Å². The van der Waals surface area contributed by atoms with Crippen molar-refractivity contribution in [1.82, 2.24) is 4.90 Å². The van der Waals surface area contributed by atoms with Gasteiger partial charge in [0, 0.05) is 6.54 Å². The van der Waals surface area contributed by atoms with Gasteiger partial charge < -0.3 is 4.79 Å². The Balaban J connectivity index is 2.05. The van der Waals surface area contributed by atoms with Crippen LogP contribution in [0, 0.1) is 0 Å². The molecule has 1 heterocycles. The largest absolute Gasteiger partial charge is 0.302 e. The van der Waals surface area contributed by atoms with E-state index in [4.69, 9.17) is 0 Å². The van der Waals surface area contributed by atoms with Gasteiger partial charge in [-0.25, -0.2) is 0 Å². The lowest BCUT2D eigenvalue weighted by molar-refractivity contribution is -0.115. The second-order valence-electron chi connectivity index (χ2n) is 7.20. The lowest BCUT2D eigenvalue weighted by Crippen LogP contribution is -2.55. The van der Waals surface area contributed by atoms with E-state index in [2.05, 4.69) is 95.9 Å². The van der Waals surface area contributed by atoms with Crippen molar-refractivity contribution in [3.63, 3.8) is 0 Å². The first-order valence-electron chi connectivity index (χ1n) is 9.76. The van der Waals surface area contributed by atoms with E-state index >= 15 is 0 Å². The molecule has 0 radical (unpaired) electrons. The van der Waals surface area contributed by atoms with Crippen LogP contribution < -0.4 is 0 Å². The highest BCUT2D eigenvalue weighted by Crippen LogP contribution is 2.44. The van der Waals surface area contributed by atoms with Crippen molar-refractivity contribution in [1.29, 1.82) is 0 Å². The Kier molecular flexibility index (Phi) is 5.17. The number of carbonyl (C=O) groups is 1. The number of carbonyl (C=O) groups excluding carboxylic acids is 1. The third-order valence-electron chi connectivity index (χ3n) is 5.71. The second kappa shape index (κ2) is 7.89. The Labute approximate surface area is 161 Å². The highest BCUT2D eigenvalue weighted by Gasteiger charge is 2.45. The van der Waals surface area contributed by atoms with E-state index in [1.54, 1.807) is 0 Å². The summed E-state index contributed by atoms with van der Waals surface area (Å²) in [5.41, 5.74) is 3.14. The highest BCUT2D eigenvalue weighted by atomic mass is 16.1. The maximum atomic E-state index is 12.1. The maximum absolute atomic E-state index is 12.1. The van der Waals surface area contributed by atoms with Crippen LogP contribution in [0.3, 0.4) is 0 Å². The first-order chi connectivity index (χ1) is 13.4. The molecule has 136 valence electrons. The molecule has 1 atom stereocenters. The summed E-state index contributed by atoms with van der Waals surface area (Å²) in [7, 11) is 0. The second-order valence-corrected chi connectivity index (χ2v) is 7.20. The molecule has 0 bridgehead atoms. The van der Waals surface area contributed by atoms with Crippen LogP contribution in [0.5, 0.6) is 0 Å². The molecule has 1 aliphatic rings. The van der Waals surface area contributed by atoms with Gasteiger partial charge in [0.25, 0.3) is 0 Å². The van der Waals surface area contributed by atoms with Gasteiger partial charge in [-0.3, -0.25) is 4.90 Å². The summed E-state index contributed by atoms with van der Waals surface area (Å²) < 4.78 is 0. The topological polar surface area (TPSA) is 20.3 Å². The van der Waals surface area contributed by atoms with Crippen LogP contribution in [-0.2, 0) is 10.3 Å². The number of benzene rings is 3. The number of hydrogen-bond acceptors (Lipinski definition) is 2. The zero-order chi connectivity index (χ0) is 18.5. The molecule has 1 unspecified atom stereocenters. The summed E-state index contributed by atoms with van der Waals surface area (Å²) in [6.07, 6.45) is 4.27. The van der Waals surface area contributed by atoms with E-state index < -0.39 is 5.54 Å². The minimum atomic E-state index is -0.476. The van der Waals surface area contributed by atoms with Crippen LogP contribution >= 0.6 is 0 Å². The molecule has 4 rings (SSSR count). The Hall–Kier alpha value is -2.71. The number of likely N-dealkylation sites (tertiary alicyclic amines) is 1. The van der Waals surface area contributed by atoms with E-state index in [0.717, 1.165) is 32.1 Å². The smallest absolute Gasteiger partial charge is 0.137 e. The van der Waals surface area contributed by atoms with Crippen LogP contribution in [0.25, 0.3) is 0 Å². The fourth-order valence-electron chi connectivity index (χ4n) is 4.55. The van der Waals surface area contributed by atoms with Crippen LogP contribution in [0.1, 0.15) is 36.0 Å². The van der Waals surface area contributed by atoms with Crippen molar-refractivity contribution in [3.8, 4) is 0 Å². The third-order valence-corrected chi connectivity index (χ3v) is 5.71. The van der Waals surface area contributed by atoms with Gasteiger partial charge in [0.05, 0.1) is 11.6 Å². The lowest BCUT2D eigenvalue weighted by Gasteiger charge is -2.49. The predicted molar refractivity (Wildman–Crippen MR) is 110 cm³/mol. The zero-order valence-electron chi connectivity index (χ0n) is 15.5. The van der Waals surface area contributed by atoms with Gasteiger partial charge in [-0.05, 0) is 29.5 Å². The minimum absolute atomic E-state index is 0.0839. The molecule has 0 spiro atoms. The third kappa shape index (κ3) is 3.11. The molecule has 3 aromatic rings. The first-order valence-corrected chi connectivity index (χ1v) is 9.76. The molecule has 0 amide bonds. The molecule has 0 aromatic heterocycles. The van der Waals surface area contributed by atoms with Crippen LogP contribution in [0.2, 0.25) is 0 Å². The van der Waals surface area contributed by atoms with E-state index in [0.29, 0.717) is 0 Å². The van der Waals surface area contributed by atoms with Crippen LogP contribution in [-0.4, -0.2) is 23.8 Å². The molecule has 0 saturated carbocycles. The molecule has 27 heavy (non-hydrogen) atoms. The average molecular weight is 355 g/mol. The molecule has 2 nitrogen and oxygen atoms in total. The van der Waals surface area contributed by atoms with Crippen molar-refractivity contribution >= 4 is 6.29 Å². The van der Waals surface area contributed by atoms with E-state index in [-0.39, 0.29) is 6.04 Å². The first kappa shape index (κ1) is 17.7. The Morgan fingerprint density at radius 2 is 1.15 bits per heavy atom. The van der Waals surface area contributed by atoms with Gasteiger partial charge in [0.1, 0.15) is 6.29 Å². The average Bonchev–Trinajstić information content (AvgIpc) is 2.77. The lowest BCUT2D eigenvalue weighted by atomic mass is 9.74. The summed E-state index contributed by atoms with van der Waals surface area (Å²) in [6.45, 7) is 0.905. The van der Waals surface area contributed by atoms with E-state index in [9.17, 15) is 4.79 Å². The molecule has 0 N–H and O–H groups in total. The molecule has 3 aromatic carbocycles. The summed E-state index contributed by atoms with van der Waals surface area (Å²) in [4.78, 5) is 14.5. The fourth-order valence-corrected chi connectivity index (χ4v) is 4.55. The van der Waals surface area contributed by atoms with Gasteiger partial charge >= 0.3 is 0 Å². The molecule has 1 saturated heterocycles. The quantitative estimate of drug-likeness (QED) is 0.472. The summed E-state index contributed by atoms with van der Waals surface area (Å²) >= 11 is 0. The van der Waals surface area contributed by atoms with Crippen molar-refractivity contribution in [2.24, 2.45) is 0 Å². The van der Waals surface area contributed by atoms with Gasteiger partial charge in [-0.1, -0.05) is 97.4 Å². The zero-order valence-corrected chi connectivity index (χ0v) is 15.5. The van der Waals surface area contributed by atoms with E-state index in [1.165, 1.54) is 16.7 Å². The van der Waals surface area contributed by atoms with Gasteiger partial charge in [-0.15, -0.1) is 0 Å². The number of hydrogen-bond donors (Lipinski definition) is 0. The van der Waals surface area contributed by atoms with Crippen molar-refractivity contribution in [3.05, 3.63) is 108 Å². The molecule has 2 heteroatoms. The Bertz CT molecular complexity index is 764. The van der Waals surface area contributed by atoms with Crippen LogP contribution in [0.4, 0.5) is 0 Å². The van der Waals surface area contributed by atoms with Crippen molar-refractivity contribution in [2.45, 2.75) is 30.8 Å².